The number of hydrogen-bond donors (Lipinski definition) is 0. The Kier molecular flexibility index (Phi) is 6.53. The van der Waals surface area contributed by atoms with Crippen molar-refractivity contribution in [2.45, 2.75) is 13.3 Å². The van der Waals surface area contributed by atoms with Gasteiger partial charge in [-0.05, 0) is 17.3 Å². The van der Waals surface area contributed by atoms with Gasteiger partial charge in [-0.2, -0.15) is 0 Å². The fourth-order valence-electron chi connectivity index (χ4n) is 1.26. The molecule has 0 aliphatic rings. The lowest BCUT2D eigenvalue weighted by Gasteiger charge is -1.98. The summed E-state index contributed by atoms with van der Waals surface area (Å²) in [7, 11) is 2.66. The molecule has 0 bridgehead atoms. The number of hydrogen-bond acceptors (Lipinski definition) is 0. The van der Waals surface area contributed by atoms with Gasteiger partial charge >= 0.3 is 0 Å². The van der Waals surface area contributed by atoms with Crippen LogP contribution in [0.15, 0.2) is 60.7 Å². The summed E-state index contributed by atoms with van der Waals surface area (Å²) in [6.07, 6.45) is 2.52. The molecule has 2 aromatic carbocycles. The standard InChI is InChI=1S/C12H10.C3H9P/c1-3-7-11(8-4-1)12-9-5-2-6-10-12;1-2-3-4/h1-10H;2-4H2,1H3. The molecule has 0 nitrogen and oxygen atoms in total. The molecular formula is C15H19P. The van der Waals surface area contributed by atoms with Gasteiger partial charge in [-0.1, -0.05) is 74.0 Å². The van der Waals surface area contributed by atoms with Gasteiger partial charge in [-0.15, -0.1) is 9.24 Å². The van der Waals surface area contributed by atoms with Gasteiger partial charge in [0.15, 0.2) is 0 Å². The monoisotopic (exact) mass is 230 g/mol. The SMILES string of the molecule is CCCP.c1ccc(-c2ccccc2)cc1. The fourth-order valence-corrected chi connectivity index (χ4v) is 1.26. The van der Waals surface area contributed by atoms with Crippen molar-refractivity contribution in [1.29, 1.82) is 0 Å². The van der Waals surface area contributed by atoms with Crippen LogP contribution in [0.1, 0.15) is 13.3 Å². The predicted octanol–water partition coefficient (Wildman–Crippen LogP) is 4.63. The van der Waals surface area contributed by atoms with E-state index in [1.807, 2.05) is 12.1 Å². The van der Waals surface area contributed by atoms with E-state index in [-0.39, 0.29) is 0 Å². The van der Waals surface area contributed by atoms with Crippen molar-refractivity contribution < 1.29 is 0 Å². The molecule has 0 heterocycles. The molecule has 1 unspecified atom stereocenters. The molecule has 0 spiro atoms. The largest absolute Gasteiger partial charge is 0.138 e. The molecule has 0 radical (unpaired) electrons. The van der Waals surface area contributed by atoms with Gasteiger partial charge in [-0.25, -0.2) is 0 Å². The average molecular weight is 230 g/mol. The van der Waals surface area contributed by atoms with Gasteiger partial charge in [0, 0.05) is 0 Å². The Morgan fingerprint density at radius 1 is 0.750 bits per heavy atom. The van der Waals surface area contributed by atoms with Gasteiger partial charge in [0.2, 0.25) is 0 Å². The second kappa shape index (κ2) is 8.07. The normalized spacial score (nSPS) is 9.12. The van der Waals surface area contributed by atoms with E-state index in [0.29, 0.717) is 0 Å². The molecular weight excluding hydrogens is 211 g/mol. The van der Waals surface area contributed by atoms with Crippen LogP contribution in [0.2, 0.25) is 0 Å². The molecule has 1 atom stereocenters. The molecule has 0 aliphatic heterocycles. The first-order valence-electron chi connectivity index (χ1n) is 5.69. The first-order chi connectivity index (χ1) is 7.88. The van der Waals surface area contributed by atoms with E-state index in [1.165, 1.54) is 23.7 Å². The van der Waals surface area contributed by atoms with E-state index in [2.05, 4.69) is 64.7 Å². The first kappa shape index (κ1) is 12.9. The summed E-state index contributed by atoms with van der Waals surface area (Å²) < 4.78 is 0. The molecule has 0 aromatic heterocycles. The molecule has 1 heteroatoms. The summed E-state index contributed by atoms with van der Waals surface area (Å²) in [6, 6.07) is 20.8. The molecule has 0 amide bonds. The van der Waals surface area contributed by atoms with Crippen molar-refractivity contribution in [1.82, 2.24) is 0 Å². The maximum absolute atomic E-state index is 2.66. The number of benzene rings is 2. The first-order valence-corrected chi connectivity index (χ1v) is 6.50. The second-order valence-corrected chi connectivity index (χ2v) is 4.10. The van der Waals surface area contributed by atoms with E-state index < -0.39 is 0 Å². The predicted molar refractivity (Wildman–Crippen MR) is 76.7 cm³/mol. The Morgan fingerprint density at radius 3 is 1.31 bits per heavy atom. The maximum atomic E-state index is 2.66. The van der Waals surface area contributed by atoms with Gasteiger partial charge in [-0.3, -0.25) is 0 Å². The molecule has 2 rings (SSSR count). The Balaban J connectivity index is 0.000000280. The fraction of sp³-hybridized carbons (Fsp3) is 0.200. The van der Waals surface area contributed by atoms with Crippen LogP contribution in [0, 0.1) is 0 Å². The van der Waals surface area contributed by atoms with Crippen molar-refractivity contribution in [3.63, 3.8) is 0 Å². The Bertz CT molecular complexity index is 328. The summed E-state index contributed by atoms with van der Waals surface area (Å²) in [5.74, 6) is 0. The van der Waals surface area contributed by atoms with E-state index >= 15 is 0 Å². The minimum atomic E-state index is 1.24. The minimum Gasteiger partial charge on any atom is -0.138 e. The molecule has 0 saturated heterocycles. The van der Waals surface area contributed by atoms with E-state index in [1.54, 1.807) is 0 Å². The summed E-state index contributed by atoms with van der Waals surface area (Å²) in [5, 5.41) is 0. The van der Waals surface area contributed by atoms with Gasteiger partial charge in [0.1, 0.15) is 0 Å². The Hall–Kier alpha value is -1.13. The molecule has 16 heavy (non-hydrogen) atoms. The highest BCUT2D eigenvalue weighted by atomic mass is 31.0. The Labute approximate surface area is 101 Å². The molecule has 0 fully saturated rings. The van der Waals surface area contributed by atoms with E-state index in [9.17, 15) is 0 Å². The van der Waals surface area contributed by atoms with Crippen LogP contribution in [-0.2, 0) is 0 Å². The summed E-state index contributed by atoms with van der Waals surface area (Å²) in [4.78, 5) is 0. The zero-order valence-corrected chi connectivity index (χ0v) is 10.9. The molecule has 0 N–H and O–H groups in total. The van der Waals surface area contributed by atoms with Crippen molar-refractivity contribution >= 4 is 9.24 Å². The zero-order chi connectivity index (χ0) is 11.6. The van der Waals surface area contributed by atoms with E-state index in [0.717, 1.165) is 0 Å². The van der Waals surface area contributed by atoms with Crippen molar-refractivity contribution in [2.75, 3.05) is 6.16 Å². The lowest BCUT2D eigenvalue weighted by molar-refractivity contribution is 1.11. The van der Waals surface area contributed by atoms with Crippen LogP contribution < -0.4 is 0 Å². The van der Waals surface area contributed by atoms with Crippen LogP contribution in [0.5, 0.6) is 0 Å². The molecule has 0 saturated carbocycles. The summed E-state index contributed by atoms with van der Waals surface area (Å²) >= 11 is 0. The topological polar surface area (TPSA) is 0 Å². The summed E-state index contributed by atoms with van der Waals surface area (Å²) in [6.45, 7) is 2.16. The summed E-state index contributed by atoms with van der Waals surface area (Å²) in [5.41, 5.74) is 2.55. The number of rotatable bonds is 2. The highest BCUT2D eigenvalue weighted by Gasteiger charge is 1.91. The zero-order valence-electron chi connectivity index (χ0n) is 9.77. The van der Waals surface area contributed by atoms with Crippen molar-refractivity contribution in [2.24, 2.45) is 0 Å². The lowest BCUT2D eigenvalue weighted by Crippen LogP contribution is -1.73. The lowest BCUT2D eigenvalue weighted by atomic mass is 10.1. The quantitative estimate of drug-likeness (QED) is 0.660. The minimum absolute atomic E-state index is 1.24. The van der Waals surface area contributed by atoms with Crippen LogP contribution in [-0.4, -0.2) is 6.16 Å². The van der Waals surface area contributed by atoms with Crippen LogP contribution in [0.4, 0.5) is 0 Å². The van der Waals surface area contributed by atoms with Gasteiger partial charge in [0.25, 0.3) is 0 Å². The third-order valence-electron chi connectivity index (χ3n) is 2.17. The highest BCUT2D eigenvalue weighted by Crippen LogP contribution is 2.17. The highest BCUT2D eigenvalue weighted by molar-refractivity contribution is 7.16. The van der Waals surface area contributed by atoms with Crippen molar-refractivity contribution in [3.05, 3.63) is 60.7 Å². The molecule has 0 aliphatic carbocycles. The van der Waals surface area contributed by atoms with E-state index in [4.69, 9.17) is 0 Å². The van der Waals surface area contributed by atoms with Crippen molar-refractivity contribution in [3.8, 4) is 11.1 Å². The smallest absolute Gasteiger partial charge is 0.0184 e. The third-order valence-corrected chi connectivity index (χ3v) is 2.75. The van der Waals surface area contributed by atoms with Crippen LogP contribution in [0.25, 0.3) is 11.1 Å². The van der Waals surface area contributed by atoms with Crippen LogP contribution in [0.3, 0.4) is 0 Å². The average Bonchev–Trinajstić information content (AvgIpc) is 2.41. The molecule has 2 aromatic rings. The molecule has 84 valence electrons. The second-order valence-electron chi connectivity index (χ2n) is 3.52. The van der Waals surface area contributed by atoms with Gasteiger partial charge < -0.3 is 0 Å². The third kappa shape index (κ3) is 4.59. The Morgan fingerprint density at radius 2 is 1.06 bits per heavy atom. The van der Waals surface area contributed by atoms with Gasteiger partial charge in [0.05, 0.1) is 0 Å². The maximum Gasteiger partial charge on any atom is -0.0184 e. The van der Waals surface area contributed by atoms with Crippen LogP contribution >= 0.6 is 9.24 Å².